The molecule has 0 saturated heterocycles. The molecule has 1 aromatic heterocycles. The zero-order valence-corrected chi connectivity index (χ0v) is 19.0. The van der Waals surface area contributed by atoms with Crippen LogP contribution in [0, 0.1) is 17.0 Å². The number of halogens is 1. The van der Waals surface area contributed by atoms with Crippen molar-refractivity contribution in [2.24, 2.45) is 0 Å². The standard InChI is InChI=1S/C25H21ClN4O4/c1-17-2-4-18(5-3-17)15-29-13-12-24(28-29)27-25(31)20-8-6-19(7-9-20)16-34-23-11-10-21(30(32)33)14-22(23)26/h2-14H,15-16H2,1H3,(H,27,28,31). The fourth-order valence-electron chi connectivity index (χ4n) is 3.22. The van der Waals surface area contributed by atoms with Crippen molar-refractivity contribution in [2.75, 3.05) is 5.32 Å². The molecular weight excluding hydrogens is 456 g/mol. The number of nitro benzene ring substituents is 1. The molecule has 4 rings (SSSR count). The summed E-state index contributed by atoms with van der Waals surface area (Å²) in [5.74, 6) is 0.541. The molecule has 0 saturated carbocycles. The minimum Gasteiger partial charge on any atom is -0.487 e. The Labute approximate surface area is 200 Å². The summed E-state index contributed by atoms with van der Waals surface area (Å²) in [6.07, 6.45) is 1.82. The van der Waals surface area contributed by atoms with Gasteiger partial charge in [-0.2, -0.15) is 5.10 Å². The lowest BCUT2D eigenvalue weighted by Gasteiger charge is -2.09. The number of rotatable bonds is 8. The Kier molecular flexibility index (Phi) is 6.89. The number of amides is 1. The van der Waals surface area contributed by atoms with Crippen LogP contribution in [0.25, 0.3) is 0 Å². The molecule has 1 heterocycles. The maximum absolute atomic E-state index is 12.6. The molecule has 0 aliphatic carbocycles. The van der Waals surface area contributed by atoms with E-state index in [-0.39, 0.29) is 23.2 Å². The van der Waals surface area contributed by atoms with Gasteiger partial charge in [-0.1, -0.05) is 53.6 Å². The van der Waals surface area contributed by atoms with Gasteiger partial charge in [-0.15, -0.1) is 0 Å². The van der Waals surface area contributed by atoms with E-state index in [0.29, 0.717) is 23.7 Å². The van der Waals surface area contributed by atoms with E-state index in [4.69, 9.17) is 16.3 Å². The van der Waals surface area contributed by atoms with Crippen LogP contribution >= 0.6 is 11.6 Å². The first kappa shape index (κ1) is 23.0. The highest BCUT2D eigenvalue weighted by Crippen LogP contribution is 2.29. The number of nitrogens with zero attached hydrogens (tertiary/aromatic N) is 3. The summed E-state index contributed by atoms with van der Waals surface area (Å²) in [5.41, 5.74) is 3.51. The highest BCUT2D eigenvalue weighted by molar-refractivity contribution is 6.32. The van der Waals surface area contributed by atoms with E-state index in [1.807, 2.05) is 13.1 Å². The molecule has 0 fully saturated rings. The first-order valence-electron chi connectivity index (χ1n) is 10.4. The topological polar surface area (TPSA) is 99.3 Å². The zero-order chi connectivity index (χ0) is 24.1. The molecule has 172 valence electrons. The SMILES string of the molecule is Cc1ccc(Cn2ccc(NC(=O)c3ccc(COc4ccc([N+](=O)[O-])cc4Cl)cc3)n2)cc1. The van der Waals surface area contributed by atoms with E-state index < -0.39 is 4.92 Å². The summed E-state index contributed by atoms with van der Waals surface area (Å²) in [5, 5.41) is 18.2. The minimum atomic E-state index is -0.520. The zero-order valence-electron chi connectivity index (χ0n) is 18.3. The van der Waals surface area contributed by atoms with Crippen LogP contribution in [-0.2, 0) is 13.2 Å². The number of benzene rings is 3. The van der Waals surface area contributed by atoms with Crippen LogP contribution < -0.4 is 10.1 Å². The third-order valence-corrected chi connectivity index (χ3v) is 5.38. The molecule has 3 aromatic carbocycles. The van der Waals surface area contributed by atoms with Crippen molar-refractivity contribution in [1.29, 1.82) is 0 Å². The van der Waals surface area contributed by atoms with Gasteiger partial charge in [0, 0.05) is 30.0 Å². The molecule has 9 heteroatoms. The lowest BCUT2D eigenvalue weighted by molar-refractivity contribution is -0.384. The molecule has 0 radical (unpaired) electrons. The first-order chi connectivity index (χ1) is 16.4. The van der Waals surface area contributed by atoms with Gasteiger partial charge in [0.1, 0.15) is 12.4 Å². The van der Waals surface area contributed by atoms with Gasteiger partial charge in [-0.25, -0.2) is 0 Å². The Morgan fingerprint density at radius 3 is 2.44 bits per heavy atom. The van der Waals surface area contributed by atoms with E-state index >= 15 is 0 Å². The summed E-state index contributed by atoms with van der Waals surface area (Å²) >= 11 is 6.05. The van der Waals surface area contributed by atoms with E-state index in [9.17, 15) is 14.9 Å². The number of aryl methyl sites for hydroxylation is 1. The van der Waals surface area contributed by atoms with Crippen molar-refractivity contribution >= 4 is 29.0 Å². The second kappa shape index (κ2) is 10.2. The van der Waals surface area contributed by atoms with Gasteiger partial charge in [-0.05, 0) is 36.2 Å². The second-order valence-electron chi connectivity index (χ2n) is 7.70. The molecule has 1 amide bonds. The van der Waals surface area contributed by atoms with Gasteiger partial charge < -0.3 is 10.1 Å². The molecular formula is C25H21ClN4O4. The van der Waals surface area contributed by atoms with Gasteiger partial charge >= 0.3 is 0 Å². The summed E-state index contributed by atoms with van der Waals surface area (Å²) in [4.78, 5) is 22.9. The fourth-order valence-corrected chi connectivity index (χ4v) is 3.45. The predicted molar refractivity (Wildman–Crippen MR) is 129 cm³/mol. The normalized spacial score (nSPS) is 10.6. The smallest absolute Gasteiger partial charge is 0.271 e. The number of hydrogen-bond acceptors (Lipinski definition) is 5. The second-order valence-corrected chi connectivity index (χ2v) is 8.10. The summed E-state index contributed by atoms with van der Waals surface area (Å²) in [6.45, 7) is 2.85. The van der Waals surface area contributed by atoms with Crippen molar-refractivity contribution < 1.29 is 14.5 Å². The largest absolute Gasteiger partial charge is 0.487 e. The van der Waals surface area contributed by atoms with Gasteiger partial charge in [0.2, 0.25) is 0 Å². The van der Waals surface area contributed by atoms with Crippen LogP contribution in [-0.4, -0.2) is 20.6 Å². The number of anilines is 1. The van der Waals surface area contributed by atoms with Crippen molar-refractivity contribution in [3.63, 3.8) is 0 Å². The van der Waals surface area contributed by atoms with Gasteiger partial charge in [0.05, 0.1) is 16.5 Å². The lowest BCUT2D eigenvalue weighted by Crippen LogP contribution is -2.13. The number of hydrogen-bond donors (Lipinski definition) is 1. The average molecular weight is 477 g/mol. The highest BCUT2D eigenvalue weighted by atomic mass is 35.5. The molecule has 0 unspecified atom stereocenters. The molecule has 4 aromatic rings. The number of ether oxygens (including phenoxy) is 1. The molecule has 1 N–H and O–H groups in total. The number of carbonyl (C=O) groups is 1. The summed E-state index contributed by atoms with van der Waals surface area (Å²) < 4.78 is 7.41. The van der Waals surface area contributed by atoms with Crippen molar-refractivity contribution in [3.05, 3.63) is 116 Å². The molecule has 0 bridgehead atoms. The van der Waals surface area contributed by atoms with Crippen LogP contribution in [0.5, 0.6) is 5.75 Å². The van der Waals surface area contributed by atoms with Crippen LogP contribution in [0.3, 0.4) is 0 Å². The summed E-state index contributed by atoms with van der Waals surface area (Å²) in [6, 6.07) is 20.9. The Bertz CT molecular complexity index is 1320. The van der Waals surface area contributed by atoms with E-state index in [1.54, 1.807) is 35.0 Å². The fraction of sp³-hybridized carbons (Fsp3) is 0.120. The van der Waals surface area contributed by atoms with Crippen LogP contribution in [0.2, 0.25) is 5.02 Å². The number of carbonyl (C=O) groups excluding carboxylic acids is 1. The highest BCUT2D eigenvalue weighted by Gasteiger charge is 2.11. The maximum atomic E-state index is 12.6. The number of nitrogens with one attached hydrogen (secondary N) is 1. The molecule has 0 spiro atoms. The number of aromatic nitrogens is 2. The predicted octanol–water partition coefficient (Wildman–Crippen LogP) is 5.63. The van der Waals surface area contributed by atoms with E-state index in [2.05, 4.69) is 34.7 Å². The van der Waals surface area contributed by atoms with Crippen molar-refractivity contribution in [2.45, 2.75) is 20.1 Å². The molecule has 34 heavy (non-hydrogen) atoms. The molecule has 0 atom stereocenters. The third kappa shape index (κ3) is 5.79. The molecule has 0 aliphatic heterocycles. The monoisotopic (exact) mass is 476 g/mol. The van der Waals surface area contributed by atoms with Gasteiger partial charge in [0.25, 0.3) is 11.6 Å². The van der Waals surface area contributed by atoms with Crippen molar-refractivity contribution in [3.8, 4) is 5.75 Å². The van der Waals surface area contributed by atoms with Crippen LogP contribution in [0.1, 0.15) is 27.0 Å². The minimum absolute atomic E-state index is 0.104. The number of non-ortho nitro benzene ring substituents is 1. The first-order valence-corrected chi connectivity index (χ1v) is 10.8. The molecule has 0 aliphatic rings. The average Bonchev–Trinajstić information content (AvgIpc) is 3.26. The van der Waals surface area contributed by atoms with Gasteiger partial charge in [-0.3, -0.25) is 19.6 Å². The lowest BCUT2D eigenvalue weighted by atomic mass is 10.1. The third-order valence-electron chi connectivity index (χ3n) is 5.08. The quantitative estimate of drug-likeness (QED) is 0.262. The van der Waals surface area contributed by atoms with E-state index in [1.165, 1.54) is 23.8 Å². The van der Waals surface area contributed by atoms with E-state index in [0.717, 1.165) is 11.1 Å². The van der Waals surface area contributed by atoms with Gasteiger partial charge in [0.15, 0.2) is 5.82 Å². The Morgan fingerprint density at radius 1 is 1.06 bits per heavy atom. The number of nitro groups is 1. The Hall–Kier alpha value is -4.17. The molecule has 8 nitrogen and oxygen atoms in total. The Morgan fingerprint density at radius 2 is 1.76 bits per heavy atom. The van der Waals surface area contributed by atoms with Crippen LogP contribution in [0.15, 0.2) is 79.0 Å². The summed E-state index contributed by atoms with van der Waals surface area (Å²) in [7, 11) is 0. The Balaban J connectivity index is 1.32. The van der Waals surface area contributed by atoms with Crippen LogP contribution in [0.4, 0.5) is 11.5 Å². The maximum Gasteiger partial charge on any atom is 0.271 e. The van der Waals surface area contributed by atoms with Crippen molar-refractivity contribution in [1.82, 2.24) is 9.78 Å².